The number of carbonyl (C=O) groups excluding carboxylic acids is 1. The Hall–Kier alpha value is -2.04. The van der Waals surface area contributed by atoms with Crippen molar-refractivity contribution in [3.63, 3.8) is 0 Å². The van der Waals surface area contributed by atoms with Crippen molar-refractivity contribution in [2.24, 2.45) is 10.7 Å². The van der Waals surface area contributed by atoms with Gasteiger partial charge in [0.25, 0.3) is 5.91 Å². The minimum absolute atomic E-state index is 0.0502. The van der Waals surface area contributed by atoms with Crippen LogP contribution < -0.4 is 16.4 Å². The zero-order chi connectivity index (χ0) is 16.2. The van der Waals surface area contributed by atoms with Gasteiger partial charge in [-0.15, -0.1) is 0 Å². The minimum Gasteiger partial charge on any atom is -0.370 e. The highest BCUT2D eigenvalue weighted by atomic mass is 16.1. The van der Waals surface area contributed by atoms with E-state index in [1.54, 1.807) is 0 Å². The van der Waals surface area contributed by atoms with Crippen LogP contribution in [0.25, 0.3) is 0 Å². The van der Waals surface area contributed by atoms with Gasteiger partial charge in [0.1, 0.15) is 0 Å². The lowest BCUT2D eigenvalue weighted by molar-refractivity contribution is 0.0956. The third-order valence-corrected chi connectivity index (χ3v) is 3.32. The molecule has 0 aliphatic heterocycles. The molecule has 1 aromatic rings. The molecule has 22 heavy (non-hydrogen) atoms. The van der Waals surface area contributed by atoms with Gasteiger partial charge in [-0.05, 0) is 31.0 Å². The van der Waals surface area contributed by atoms with E-state index < -0.39 is 0 Å². The van der Waals surface area contributed by atoms with Crippen molar-refractivity contribution in [1.29, 1.82) is 0 Å². The lowest BCUT2D eigenvalue weighted by Gasteiger charge is -2.06. The average molecular weight is 304 g/mol. The van der Waals surface area contributed by atoms with Gasteiger partial charge in [0, 0.05) is 18.7 Å². The third-order valence-electron chi connectivity index (χ3n) is 3.32. The summed E-state index contributed by atoms with van der Waals surface area (Å²) in [5.41, 5.74) is 7.52. The van der Waals surface area contributed by atoms with Crippen LogP contribution in [0.4, 0.5) is 0 Å². The molecule has 0 atom stereocenters. The van der Waals surface area contributed by atoms with Crippen molar-refractivity contribution < 1.29 is 4.79 Å². The number of aliphatic imine (C=N–C) groups is 1. The molecule has 0 aromatic heterocycles. The van der Waals surface area contributed by atoms with Crippen LogP contribution in [0, 0.1) is 0 Å². The second-order valence-electron chi connectivity index (χ2n) is 5.25. The normalized spacial score (nSPS) is 11.3. The number of nitrogens with two attached hydrogens (primary N) is 1. The number of nitrogens with zero attached hydrogens (tertiary/aromatic N) is 1. The van der Waals surface area contributed by atoms with Gasteiger partial charge in [-0.25, -0.2) is 4.99 Å². The van der Waals surface area contributed by atoms with Gasteiger partial charge in [0.2, 0.25) is 0 Å². The Morgan fingerprint density at radius 2 is 1.82 bits per heavy atom. The van der Waals surface area contributed by atoms with Crippen LogP contribution in [-0.4, -0.2) is 25.0 Å². The van der Waals surface area contributed by atoms with Crippen molar-refractivity contribution in [2.75, 3.05) is 13.1 Å². The van der Waals surface area contributed by atoms with Gasteiger partial charge in [-0.1, -0.05) is 38.3 Å². The Kier molecular flexibility index (Phi) is 8.72. The molecule has 0 heterocycles. The topological polar surface area (TPSA) is 79.5 Å². The number of guanidine groups is 1. The van der Waals surface area contributed by atoms with Crippen LogP contribution in [0.3, 0.4) is 0 Å². The fourth-order valence-corrected chi connectivity index (χ4v) is 2.02. The van der Waals surface area contributed by atoms with Crippen LogP contribution in [0.5, 0.6) is 0 Å². The maximum atomic E-state index is 11.6. The molecule has 0 saturated heterocycles. The van der Waals surface area contributed by atoms with E-state index in [1.165, 1.54) is 19.3 Å². The number of hydrogen-bond acceptors (Lipinski definition) is 2. The third kappa shape index (κ3) is 7.11. The van der Waals surface area contributed by atoms with Gasteiger partial charge in [0.05, 0.1) is 6.54 Å². The van der Waals surface area contributed by atoms with E-state index in [1.807, 2.05) is 31.2 Å². The maximum Gasteiger partial charge on any atom is 0.251 e. The van der Waals surface area contributed by atoms with Crippen molar-refractivity contribution >= 4 is 11.9 Å². The summed E-state index contributed by atoms with van der Waals surface area (Å²) < 4.78 is 0. The number of unbranched alkanes of at least 4 members (excludes halogenated alkanes) is 3. The summed E-state index contributed by atoms with van der Waals surface area (Å²) in [5, 5.41) is 5.89. The summed E-state index contributed by atoms with van der Waals surface area (Å²) in [4.78, 5) is 16.0. The fourth-order valence-electron chi connectivity index (χ4n) is 2.02. The van der Waals surface area contributed by atoms with E-state index in [9.17, 15) is 4.79 Å². The molecule has 0 saturated carbocycles. The molecule has 5 nitrogen and oxygen atoms in total. The van der Waals surface area contributed by atoms with Crippen LogP contribution in [0.15, 0.2) is 29.3 Å². The van der Waals surface area contributed by atoms with E-state index in [4.69, 9.17) is 5.73 Å². The molecule has 0 fully saturated rings. The monoisotopic (exact) mass is 304 g/mol. The van der Waals surface area contributed by atoms with Gasteiger partial charge >= 0.3 is 0 Å². The summed E-state index contributed by atoms with van der Waals surface area (Å²) in [6.07, 6.45) is 4.83. The number of hydrogen-bond donors (Lipinski definition) is 3. The second-order valence-corrected chi connectivity index (χ2v) is 5.25. The number of amides is 1. The van der Waals surface area contributed by atoms with E-state index in [2.05, 4.69) is 22.5 Å². The molecule has 0 unspecified atom stereocenters. The first-order valence-electron chi connectivity index (χ1n) is 8.08. The quantitative estimate of drug-likeness (QED) is 0.372. The van der Waals surface area contributed by atoms with Crippen LogP contribution >= 0.6 is 0 Å². The summed E-state index contributed by atoms with van der Waals surface area (Å²) >= 11 is 0. The van der Waals surface area contributed by atoms with Gasteiger partial charge in [-0.3, -0.25) is 4.79 Å². The van der Waals surface area contributed by atoms with Gasteiger partial charge in [0.15, 0.2) is 5.96 Å². The molecule has 0 radical (unpaired) electrons. The first-order chi connectivity index (χ1) is 10.7. The Bertz CT molecular complexity index is 468. The summed E-state index contributed by atoms with van der Waals surface area (Å²) in [6, 6.07) is 7.43. The zero-order valence-electron chi connectivity index (χ0n) is 13.7. The van der Waals surface area contributed by atoms with Crippen molar-refractivity contribution in [1.82, 2.24) is 10.6 Å². The Morgan fingerprint density at radius 3 is 2.45 bits per heavy atom. The Balaban J connectivity index is 2.36. The number of nitrogens with one attached hydrogen (secondary N) is 2. The molecule has 1 amide bonds. The predicted octanol–water partition coefficient (Wildman–Crippen LogP) is 2.42. The lowest BCUT2D eigenvalue weighted by atomic mass is 10.1. The molecular weight excluding hydrogens is 276 g/mol. The minimum atomic E-state index is -0.0502. The summed E-state index contributed by atoms with van der Waals surface area (Å²) in [5.74, 6) is 0.426. The molecule has 0 bridgehead atoms. The molecule has 4 N–H and O–H groups in total. The van der Waals surface area contributed by atoms with E-state index >= 15 is 0 Å². The first-order valence-corrected chi connectivity index (χ1v) is 8.08. The van der Waals surface area contributed by atoms with Crippen LogP contribution in [0.1, 0.15) is 55.5 Å². The van der Waals surface area contributed by atoms with Crippen LogP contribution in [-0.2, 0) is 6.54 Å². The Labute approximate surface area is 133 Å². The average Bonchev–Trinajstić information content (AvgIpc) is 2.53. The molecule has 5 heteroatoms. The van der Waals surface area contributed by atoms with Gasteiger partial charge in [-0.2, -0.15) is 0 Å². The molecule has 0 spiro atoms. The largest absolute Gasteiger partial charge is 0.370 e. The zero-order valence-corrected chi connectivity index (χ0v) is 13.7. The molecule has 1 rings (SSSR count). The highest BCUT2D eigenvalue weighted by Crippen LogP contribution is 2.05. The van der Waals surface area contributed by atoms with Gasteiger partial charge < -0.3 is 16.4 Å². The molecule has 122 valence electrons. The molecular formula is C17H28N4O. The fraction of sp³-hybridized carbons (Fsp3) is 0.529. The standard InChI is InChI=1S/C17H28N4O/c1-3-5-6-7-12-20-17(18)21-13-14-8-10-15(11-9-14)16(22)19-4-2/h8-11H,3-7,12-13H2,1-2H3,(H,19,22)(H3,18,20,21). The van der Waals surface area contributed by atoms with Crippen molar-refractivity contribution in [2.45, 2.75) is 46.1 Å². The first kappa shape index (κ1) is 18.0. The SMILES string of the molecule is CCCCCCNC(N)=NCc1ccc(C(=O)NCC)cc1. The summed E-state index contributed by atoms with van der Waals surface area (Å²) in [7, 11) is 0. The van der Waals surface area contributed by atoms with E-state index in [0.29, 0.717) is 24.6 Å². The number of rotatable bonds is 9. The summed E-state index contributed by atoms with van der Waals surface area (Å²) in [6.45, 7) is 6.11. The Morgan fingerprint density at radius 1 is 1.09 bits per heavy atom. The van der Waals surface area contributed by atoms with Crippen LogP contribution in [0.2, 0.25) is 0 Å². The predicted molar refractivity (Wildman–Crippen MR) is 91.9 cm³/mol. The molecule has 1 aromatic carbocycles. The molecule has 0 aliphatic carbocycles. The highest BCUT2D eigenvalue weighted by molar-refractivity contribution is 5.94. The lowest BCUT2D eigenvalue weighted by Crippen LogP contribution is -2.32. The maximum absolute atomic E-state index is 11.6. The number of carbonyl (C=O) groups is 1. The molecule has 0 aliphatic rings. The van der Waals surface area contributed by atoms with Crippen molar-refractivity contribution in [3.05, 3.63) is 35.4 Å². The van der Waals surface area contributed by atoms with Crippen molar-refractivity contribution in [3.8, 4) is 0 Å². The smallest absolute Gasteiger partial charge is 0.251 e. The van der Waals surface area contributed by atoms with E-state index in [-0.39, 0.29) is 5.91 Å². The second kappa shape index (κ2) is 10.7. The highest BCUT2D eigenvalue weighted by Gasteiger charge is 2.03. The number of benzene rings is 1. The van der Waals surface area contributed by atoms with E-state index in [0.717, 1.165) is 18.5 Å².